The van der Waals surface area contributed by atoms with Gasteiger partial charge in [0.2, 0.25) is 0 Å². The number of nitrogens with one attached hydrogen (secondary N) is 1. The Bertz CT molecular complexity index is 1200. The molecule has 3 aromatic rings. The van der Waals surface area contributed by atoms with Gasteiger partial charge in [0.05, 0.1) is 5.56 Å². The van der Waals surface area contributed by atoms with E-state index in [-0.39, 0.29) is 18.1 Å². The van der Waals surface area contributed by atoms with Gasteiger partial charge in [-0.15, -0.1) is 0 Å². The molecule has 0 spiro atoms. The molecule has 0 saturated heterocycles. The van der Waals surface area contributed by atoms with Gasteiger partial charge in [-0.1, -0.05) is 76.3 Å². The standard InChI is InChI=1S/C26H20BrNO4/c27-19-14-17(13-18(15-19)25(29)30)7-5-6-12-28-26(31)32-16-24-22-10-3-1-8-20(22)21-9-2-4-11-23(21)24/h1-4,8-11,13-15,24H,6,12,16H2,(H,28,31)(H,29,30). The molecule has 32 heavy (non-hydrogen) atoms. The lowest BCUT2D eigenvalue weighted by molar-refractivity contribution is 0.0696. The van der Waals surface area contributed by atoms with Gasteiger partial charge in [-0.25, -0.2) is 9.59 Å². The minimum Gasteiger partial charge on any atom is -0.478 e. The Kier molecular flexibility index (Phi) is 6.58. The molecule has 2 N–H and O–H groups in total. The first-order valence-electron chi connectivity index (χ1n) is 10.1. The Labute approximate surface area is 194 Å². The average molecular weight is 490 g/mol. The van der Waals surface area contributed by atoms with Crippen LogP contribution in [0.15, 0.2) is 71.2 Å². The quantitative estimate of drug-likeness (QED) is 0.370. The Morgan fingerprint density at radius 1 is 1.00 bits per heavy atom. The van der Waals surface area contributed by atoms with Crippen LogP contribution in [0.25, 0.3) is 11.1 Å². The van der Waals surface area contributed by atoms with E-state index in [0.29, 0.717) is 23.0 Å². The van der Waals surface area contributed by atoms with Gasteiger partial charge >= 0.3 is 12.1 Å². The summed E-state index contributed by atoms with van der Waals surface area (Å²) in [7, 11) is 0. The molecule has 6 heteroatoms. The lowest BCUT2D eigenvalue weighted by Crippen LogP contribution is -2.26. The largest absolute Gasteiger partial charge is 0.478 e. The average Bonchev–Trinajstić information content (AvgIpc) is 3.11. The molecule has 4 rings (SSSR count). The van der Waals surface area contributed by atoms with E-state index >= 15 is 0 Å². The molecule has 3 aromatic carbocycles. The number of hydrogen-bond acceptors (Lipinski definition) is 3. The molecule has 0 heterocycles. The van der Waals surface area contributed by atoms with E-state index in [0.717, 1.165) is 0 Å². The highest BCUT2D eigenvalue weighted by atomic mass is 79.9. The first kappa shape index (κ1) is 21.7. The maximum absolute atomic E-state index is 12.2. The predicted molar refractivity (Wildman–Crippen MR) is 126 cm³/mol. The van der Waals surface area contributed by atoms with Gasteiger partial charge in [0.1, 0.15) is 6.61 Å². The third kappa shape index (κ3) is 4.84. The van der Waals surface area contributed by atoms with E-state index in [1.165, 1.54) is 34.4 Å². The van der Waals surface area contributed by atoms with Gasteiger partial charge in [0.25, 0.3) is 0 Å². The fourth-order valence-electron chi connectivity index (χ4n) is 3.83. The molecule has 1 amide bonds. The lowest BCUT2D eigenvalue weighted by Gasteiger charge is -2.14. The molecule has 0 aliphatic heterocycles. The minimum absolute atomic E-state index is 0.0212. The zero-order valence-corrected chi connectivity index (χ0v) is 18.7. The van der Waals surface area contributed by atoms with Crippen LogP contribution in [0.5, 0.6) is 0 Å². The van der Waals surface area contributed by atoms with E-state index in [2.05, 4.69) is 57.4 Å². The number of benzene rings is 3. The minimum atomic E-state index is -1.01. The summed E-state index contributed by atoms with van der Waals surface area (Å²) in [6.07, 6.45) is -0.0664. The number of halogens is 1. The van der Waals surface area contributed by atoms with E-state index in [9.17, 15) is 9.59 Å². The van der Waals surface area contributed by atoms with Crippen LogP contribution in [-0.2, 0) is 4.74 Å². The van der Waals surface area contributed by atoms with Gasteiger partial charge in [0.15, 0.2) is 0 Å². The summed E-state index contributed by atoms with van der Waals surface area (Å²) in [5, 5.41) is 11.8. The molecule has 0 atom stereocenters. The molecular formula is C26H20BrNO4. The molecule has 160 valence electrons. The number of aromatic carboxylic acids is 1. The van der Waals surface area contributed by atoms with Crippen LogP contribution in [0.4, 0.5) is 4.79 Å². The van der Waals surface area contributed by atoms with Gasteiger partial charge < -0.3 is 15.2 Å². The highest BCUT2D eigenvalue weighted by Gasteiger charge is 2.28. The van der Waals surface area contributed by atoms with Crippen LogP contribution in [0, 0.1) is 11.8 Å². The highest BCUT2D eigenvalue weighted by Crippen LogP contribution is 2.44. The van der Waals surface area contributed by atoms with Crippen LogP contribution in [-0.4, -0.2) is 30.3 Å². The number of rotatable bonds is 5. The number of carboxylic acids is 1. The normalized spacial score (nSPS) is 11.7. The molecule has 0 fully saturated rings. The molecule has 0 radical (unpaired) electrons. The third-order valence-electron chi connectivity index (χ3n) is 5.24. The van der Waals surface area contributed by atoms with Crippen molar-refractivity contribution in [1.82, 2.24) is 5.32 Å². The van der Waals surface area contributed by atoms with Crippen molar-refractivity contribution < 1.29 is 19.4 Å². The van der Waals surface area contributed by atoms with Crippen molar-refractivity contribution in [3.05, 3.63) is 93.5 Å². The van der Waals surface area contributed by atoms with Gasteiger partial charge in [-0.3, -0.25) is 0 Å². The number of fused-ring (bicyclic) bond motifs is 3. The summed E-state index contributed by atoms with van der Waals surface area (Å²) in [6, 6.07) is 21.2. The fraction of sp³-hybridized carbons (Fsp3) is 0.154. The summed E-state index contributed by atoms with van der Waals surface area (Å²) in [5.41, 5.74) is 5.47. The van der Waals surface area contributed by atoms with Crippen LogP contribution in [0.2, 0.25) is 0 Å². The zero-order valence-electron chi connectivity index (χ0n) is 17.1. The smallest absolute Gasteiger partial charge is 0.407 e. The highest BCUT2D eigenvalue weighted by molar-refractivity contribution is 9.10. The summed E-state index contributed by atoms with van der Waals surface area (Å²) in [5.74, 6) is 4.87. The molecule has 5 nitrogen and oxygen atoms in total. The van der Waals surface area contributed by atoms with Gasteiger partial charge in [-0.2, -0.15) is 0 Å². The predicted octanol–water partition coefficient (Wildman–Crippen LogP) is 5.43. The number of hydrogen-bond donors (Lipinski definition) is 2. The van der Waals surface area contributed by atoms with Crippen molar-refractivity contribution >= 4 is 28.0 Å². The van der Waals surface area contributed by atoms with Crippen LogP contribution >= 0.6 is 15.9 Å². The van der Waals surface area contributed by atoms with Crippen molar-refractivity contribution in [2.75, 3.05) is 13.2 Å². The molecule has 0 unspecified atom stereocenters. The Morgan fingerprint density at radius 3 is 2.31 bits per heavy atom. The van der Waals surface area contributed by atoms with Crippen molar-refractivity contribution in [1.29, 1.82) is 0 Å². The summed E-state index contributed by atoms with van der Waals surface area (Å²) >= 11 is 3.28. The number of ether oxygens (including phenoxy) is 1. The Balaban J connectivity index is 1.29. The summed E-state index contributed by atoms with van der Waals surface area (Å²) in [4.78, 5) is 23.3. The first-order valence-corrected chi connectivity index (χ1v) is 10.9. The zero-order chi connectivity index (χ0) is 22.5. The van der Waals surface area contributed by atoms with Crippen LogP contribution < -0.4 is 5.32 Å². The Hall–Kier alpha value is -3.56. The second-order valence-corrected chi connectivity index (χ2v) is 8.25. The molecular weight excluding hydrogens is 470 g/mol. The van der Waals surface area contributed by atoms with E-state index in [1.54, 1.807) is 6.07 Å². The molecule has 1 aliphatic rings. The number of carbonyl (C=O) groups excluding carboxylic acids is 1. The van der Waals surface area contributed by atoms with Crippen molar-refractivity contribution in [2.45, 2.75) is 12.3 Å². The third-order valence-corrected chi connectivity index (χ3v) is 5.70. The van der Waals surface area contributed by atoms with Gasteiger partial charge in [-0.05, 0) is 40.5 Å². The Morgan fingerprint density at radius 2 is 1.66 bits per heavy atom. The second kappa shape index (κ2) is 9.71. The molecule has 1 aliphatic carbocycles. The second-order valence-electron chi connectivity index (χ2n) is 7.34. The van der Waals surface area contributed by atoms with Crippen molar-refractivity contribution in [3.8, 4) is 23.0 Å². The monoisotopic (exact) mass is 489 g/mol. The molecule has 0 aromatic heterocycles. The SMILES string of the molecule is O=C(NCCC#Cc1cc(Br)cc(C(=O)O)c1)OCC1c2ccccc2-c2ccccc21. The maximum Gasteiger partial charge on any atom is 0.407 e. The molecule has 0 bridgehead atoms. The first-order chi connectivity index (χ1) is 15.5. The molecule has 0 saturated carbocycles. The van der Waals surface area contributed by atoms with E-state index in [1.807, 2.05) is 24.3 Å². The number of carboxylic acid groups (broad SMARTS) is 1. The van der Waals surface area contributed by atoms with E-state index < -0.39 is 12.1 Å². The number of carbonyl (C=O) groups is 2. The summed E-state index contributed by atoms with van der Waals surface area (Å²) < 4.78 is 6.14. The number of alkyl carbamates (subject to hydrolysis) is 1. The lowest BCUT2D eigenvalue weighted by atomic mass is 9.98. The maximum atomic E-state index is 12.2. The topological polar surface area (TPSA) is 75.6 Å². The van der Waals surface area contributed by atoms with E-state index in [4.69, 9.17) is 9.84 Å². The number of amides is 1. The van der Waals surface area contributed by atoms with Crippen LogP contribution in [0.1, 0.15) is 39.4 Å². The summed E-state index contributed by atoms with van der Waals surface area (Å²) in [6.45, 7) is 0.602. The van der Waals surface area contributed by atoms with Crippen molar-refractivity contribution in [2.24, 2.45) is 0 Å². The van der Waals surface area contributed by atoms with Crippen LogP contribution in [0.3, 0.4) is 0 Å². The fourth-order valence-corrected chi connectivity index (χ4v) is 4.32. The van der Waals surface area contributed by atoms with Crippen molar-refractivity contribution in [3.63, 3.8) is 0 Å². The van der Waals surface area contributed by atoms with Gasteiger partial charge in [0, 0.05) is 28.9 Å².